The Hall–Kier alpha value is -0.900. The Bertz CT molecular complexity index is 683. The summed E-state index contributed by atoms with van der Waals surface area (Å²) in [6.07, 6.45) is 13.9. The van der Waals surface area contributed by atoms with Crippen molar-refractivity contribution in [3.63, 3.8) is 0 Å². The fourth-order valence-electron chi connectivity index (χ4n) is 6.74. The van der Waals surface area contributed by atoms with E-state index in [1.807, 2.05) is 13.8 Å². The minimum atomic E-state index is -0.615. The van der Waals surface area contributed by atoms with E-state index < -0.39 is 17.8 Å². The van der Waals surface area contributed by atoms with E-state index in [1.54, 1.807) is 5.57 Å². The second-order valence-electron chi connectivity index (χ2n) is 11.3. The normalized spacial score (nSPS) is 38.8. The Morgan fingerprint density at radius 3 is 2.67 bits per heavy atom. The first-order chi connectivity index (χ1) is 14.0. The van der Waals surface area contributed by atoms with Crippen LogP contribution in [-0.4, -0.2) is 33.1 Å². The van der Waals surface area contributed by atoms with Crippen molar-refractivity contribution >= 4 is 0 Å². The van der Waals surface area contributed by atoms with Crippen molar-refractivity contribution in [3.8, 4) is 0 Å². The van der Waals surface area contributed by atoms with Crippen molar-refractivity contribution in [3.05, 3.63) is 35.5 Å². The number of rotatable bonds is 6. The molecule has 0 aromatic carbocycles. The maximum Gasteiger partial charge on any atom is 0.0811 e. The molecule has 0 aromatic rings. The molecule has 3 rings (SSSR count). The van der Waals surface area contributed by atoms with Gasteiger partial charge in [0.2, 0.25) is 0 Å². The van der Waals surface area contributed by atoms with Crippen molar-refractivity contribution in [2.24, 2.45) is 23.2 Å². The van der Waals surface area contributed by atoms with Crippen LogP contribution in [0.3, 0.4) is 0 Å². The van der Waals surface area contributed by atoms with Crippen LogP contribution >= 0.6 is 0 Å². The van der Waals surface area contributed by atoms with E-state index in [9.17, 15) is 15.3 Å². The molecule has 30 heavy (non-hydrogen) atoms. The Morgan fingerprint density at radius 2 is 1.97 bits per heavy atom. The zero-order chi connectivity index (χ0) is 22.1. The van der Waals surface area contributed by atoms with Gasteiger partial charge >= 0.3 is 0 Å². The van der Waals surface area contributed by atoms with E-state index in [2.05, 4.69) is 32.6 Å². The summed E-state index contributed by atoms with van der Waals surface area (Å²) in [6.45, 7) is 12.8. The second-order valence-corrected chi connectivity index (χ2v) is 11.3. The van der Waals surface area contributed by atoms with Crippen molar-refractivity contribution in [1.29, 1.82) is 0 Å². The van der Waals surface area contributed by atoms with E-state index in [4.69, 9.17) is 0 Å². The number of hydrogen-bond donors (Lipinski definition) is 3. The summed E-state index contributed by atoms with van der Waals surface area (Å²) in [4.78, 5) is 0. The molecule has 5 unspecified atom stereocenters. The van der Waals surface area contributed by atoms with E-state index in [0.29, 0.717) is 30.1 Å². The van der Waals surface area contributed by atoms with Crippen molar-refractivity contribution in [2.45, 2.75) is 110 Å². The van der Waals surface area contributed by atoms with E-state index in [1.165, 1.54) is 38.5 Å². The molecular formula is C27H44O3. The molecule has 3 nitrogen and oxygen atoms in total. The molecule has 3 fully saturated rings. The number of fused-ring (bicyclic) bond motifs is 1. The van der Waals surface area contributed by atoms with Gasteiger partial charge in [0.15, 0.2) is 0 Å². The summed E-state index contributed by atoms with van der Waals surface area (Å²) in [5.74, 6) is 2.11. The lowest BCUT2D eigenvalue weighted by molar-refractivity contribution is 0.0596. The predicted octanol–water partition coefficient (Wildman–Crippen LogP) is 5.70. The minimum absolute atomic E-state index is 0.374. The van der Waals surface area contributed by atoms with Gasteiger partial charge in [-0.15, -0.1) is 0 Å². The standard InChI is InChI=1S/C27H44O3/c1-18(8-6-14-26(3,4)30)23-12-13-24-20(9-7-15-27(23,24)5)10-11-21-16-22(28)17-25(29)19(21)2/h10-11,18,22-25,28-30H,2,6-9,12-17H2,1,3-5H3/b20-10+,21-11-/t18?,22-,23?,24?,25?,27?/m1/s1. The van der Waals surface area contributed by atoms with Gasteiger partial charge in [0, 0.05) is 6.42 Å². The van der Waals surface area contributed by atoms with Gasteiger partial charge in [0.05, 0.1) is 17.8 Å². The molecule has 0 amide bonds. The van der Waals surface area contributed by atoms with Gasteiger partial charge in [-0.05, 0) is 93.1 Å². The van der Waals surface area contributed by atoms with Crippen LogP contribution in [-0.2, 0) is 0 Å². The lowest BCUT2D eigenvalue weighted by Crippen LogP contribution is -2.36. The SMILES string of the molecule is C=C1/C(=C\C=C2/CCCC3(C)C2CCC3C(C)CCCC(C)(C)O)C[C@@H](O)CC1O. The third kappa shape index (κ3) is 5.29. The average Bonchev–Trinajstić information content (AvgIpc) is 3.00. The molecule has 0 saturated heterocycles. The highest BCUT2D eigenvalue weighted by molar-refractivity contribution is 5.38. The van der Waals surface area contributed by atoms with E-state index in [-0.39, 0.29) is 0 Å². The highest BCUT2D eigenvalue weighted by atomic mass is 16.3. The van der Waals surface area contributed by atoms with Crippen LogP contribution in [0.25, 0.3) is 0 Å². The molecule has 0 spiro atoms. The fraction of sp³-hybridized carbons (Fsp3) is 0.778. The quantitative estimate of drug-likeness (QED) is 0.520. The number of hydrogen-bond acceptors (Lipinski definition) is 3. The Kier molecular flexibility index (Phi) is 7.37. The average molecular weight is 417 g/mol. The molecule has 0 heterocycles. The van der Waals surface area contributed by atoms with E-state index >= 15 is 0 Å². The molecular weight excluding hydrogens is 372 g/mol. The van der Waals surface area contributed by atoms with Crippen LogP contribution < -0.4 is 0 Å². The molecule has 0 aromatic heterocycles. The molecule has 3 saturated carbocycles. The van der Waals surface area contributed by atoms with Crippen LogP contribution in [0.2, 0.25) is 0 Å². The fourth-order valence-corrected chi connectivity index (χ4v) is 6.74. The summed E-state index contributed by atoms with van der Waals surface area (Å²) in [5, 5.41) is 30.2. The lowest BCUT2D eigenvalue weighted by atomic mass is 9.60. The highest BCUT2D eigenvalue weighted by Crippen LogP contribution is 2.60. The second kappa shape index (κ2) is 9.30. The first-order valence-electron chi connectivity index (χ1n) is 12.2. The molecule has 3 aliphatic rings. The smallest absolute Gasteiger partial charge is 0.0811 e. The third-order valence-corrected chi connectivity index (χ3v) is 8.44. The van der Waals surface area contributed by atoms with Crippen LogP contribution in [0.5, 0.6) is 0 Å². The predicted molar refractivity (Wildman–Crippen MR) is 124 cm³/mol. The van der Waals surface area contributed by atoms with Crippen molar-refractivity contribution in [1.82, 2.24) is 0 Å². The summed E-state index contributed by atoms with van der Waals surface area (Å²) in [5.41, 5.74) is 3.17. The van der Waals surface area contributed by atoms with Crippen LogP contribution in [0, 0.1) is 23.2 Å². The molecule has 0 bridgehead atoms. The van der Waals surface area contributed by atoms with Crippen molar-refractivity contribution in [2.75, 3.05) is 0 Å². The molecule has 3 heteroatoms. The van der Waals surface area contributed by atoms with E-state index in [0.717, 1.165) is 29.9 Å². The van der Waals surface area contributed by atoms with Crippen LogP contribution in [0.4, 0.5) is 0 Å². The number of aliphatic hydroxyl groups is 3. The number of aliphatic hydroxyl groups excluding tert-OH is 2. The topological polar surface area (TPSA) is 60.7 Å². The first-order valence-corrected chi connectivity index (χ1v) is 12.2. The molecule has 170 valence electrons. The lowest BCUT2D eigenvalue weighted by Gasteiger charge is -2.44. The maximum atomic E-state index is 10.1. The van der Waals surface area contributed by atoms with Crippen LogP contribution in [0.1, 0.15) is 91.9 Å². The molecule has 6 atom stereocenters. The largest absolute Gasteiger partial charge is 0.393 e. The maximum absolute atomic E-state index is 10.1. The summed E-state index contributed by atoms with van der Waals surface area (Å²) in [6, 6.07) is 0. The molecule has 3 N–H and O–H groups in total. The molecule has 3 aliphatic carbocycles. The first kappa shape index (κ1) is 23.8. The summed E-state index contributed by atoms with van der Waals surface area (Å²) in [7, 11) is 0. The zero-order valence-corrected chi connectivity index (χ0v) is 19.7. The Labute approximate surface area is 184 Å². The van der Waals surface area contributed by atoms with Crippen molar-refractivity contribution < 1.29 is 15.3 Å². The van der Waals surface area contributed by atoms with Gasteiger partial charge < -0.3 is 15.3 Å². The molecule has 0 aliphatic heterocycles. The zero-order valence-electron chi connectivity index (χ0n) is 19.7. The minimum Gasteiger partial charge on any atom is -0.393 e. The summed E-state index contributed by atoms with van der Waals surface area (Å²) < 4.78 is 0. The summed E-state index contributed by atoms with van der Waals surface area (Å²) >= 11 is 0. The van der Waals surface area contributed by atoms with Gasteiger partial charge in [-0.3, -0.25) is 0 Å². The Morgan fingerprint density at radius 1 is 1.23 bits per heavy atom. The Balaban J connectivity index is 1.70. The van der Waals surface area contributed by atoms with Gasteiger partial charge in [-0.25, -0.2) is 0 Å². The molecule has 0 radical (unpaired) electrons. The van der Waals surface area contributed by atoms with Gasteiger partial charge in [0.25, 0.3) is 0 Å². The highest BCUT2D eigenvalue weighted by Gasteiger charge is 2.50. The van der Waals surface area contributed by atoms with Gasteiger partial charge in [-0.1, -0.05) is 51.0 Å². The number of allylic oxidation sites excluding steroid dienone is 3. The monoisotopic (exact) mass is 416 g/mol. The van der Waals surface area contributed by atoms with Crippen LogP contribution in [0.15, 0.2) is 35.5 Å². The van der Waals surface area contributed by atoms with Gasteiger partial charge in [0.1, 0.15) is 0 Å². The van der Waals surface area contributed by atoms with Gasteiger partial charge in [-0.2, -0.15) is 0 Å². The third-order valence-electron chi connectivity index (χ3n) is 8.44.